The number of aromatic nitrogens is 1. The zero-order chi connectivity index (χ0) is 17.6. The normalized spacial score (nSPS) is 15.8. The zero-order valence-corrected chi connectivity index (χ0v) is 14.9. The summed E-state index contributed by atoms with van der Waals surface area (Å²) >= 11 is 0. The Morgan fingerprint density at radius 3 is 2.72 bits per heavy atom. The lowest BCUT2D eigenvalue weighted by Crippen LogP contribution is -2.42. The lowest BCUT2D eigenvalue weighted by atomic mass is 9.93. The van der Waals surface area contributed by atoms with Crippen LogP contribution in [0.1, 0.15) is 40.4 Å². The molecule has 1 aromatic heterocycles. The van der Waals surface area contributed by atoms with E-state index < -0.39 is 0 Å². The highest BCUT2D eigenvalue weighted by atomic mass is 16.5. The summed E-state index contributed by atoms with van der Waals surface area (Å²) in [5, 5.41) is 3.03. The number of pyridine rings is 1. The van der Waals surface area contributed by atoms with E-state index in [1.54, 1.807) is 7.11 Å². The fourth-order valence-electron chi connectivity index (χ4n) is 3.36. The molecule has 1 aliphatic rings. The molecule has 1 aliphatic heterocycles. The summed E-state index contributed by atoms with van der Waals surface area (Å²) in [7, 11) is 1.62. The monoisotopic (exact) mass is 339 g/mol. The lowest BCUT2D eigenvalue weighted by Gasteiger charge is -2.31. The minimum atomic E-state index is -0.0525. The number of benzene rings is 1. The van der Waals surface area contributed by atoms with Crippen LogP contribution in [0.25, 0.3) is 0 Å². The molecule has 0 unspecified atom stereocenters. The Morgan fingerprint density at radius 2 is 2.04 bits per heavy atom. The minimum absolute atomic E-state index is 0.0525. The van der Waals surface area contributed by atoms with Gasteiger partial charge in [-0.2, -0.15) is 0 Å². The predicted molar refractivity (Wildman–Crippen MR) is 97.8 cm³/mol. The summed E-state index contributed by atoms with van der Waals surface area (Å²) in [5.74, 6) is 1.21. The molecule has 0 bridgehead atoms. The summed E-state index contributed by atoms with van der Waals surface area (Å²) in [5.41, 5.74) is 2.72. The lowest BCUT2D eigenvalue weighted by molar-refractivity contribution is 0.0909. The Bertz CT molecular complexity index is 710. The fraction of sp³-hybridized carbons (Fsp3) is 0.400. The van der Waals surface area contributed by atoms with Crippen LogP contribution in [0.4, 0.5) is 0 Å². The molecule has 2 aromatic rings. The van der Waals surface area contributed by atoms with E-state index >= 15 is 0 Å². The second kappa shape index (κ2) is 8.12. The van der Waals surface area contributed by atoms with E-state index in [0.29, 0.717) is 18.2 Å². The smallest absolute Gasteiger partial charge is 0.252 e. The van der Waals surface area contributed by atoms with Crippen molar-refractivity contribution in [2.45, 2.75) is 25.7 Å². The largest absolute Gasteiger partial charge is 0.496 e. The SMILES string of the molecule is COc1cccc(C(=O)NCN2CCC(c3ccccn3)CC2)c1C. The quantitative estimate of drug-likeness (QED) is 0.910. The van der Waals surface area contributed by atoms with Crippen LogP contribution in [0.5, 0.6) is 5.75 Å². The van der Waals surface area contributed by atoms with Crippen molar-refractivity contribution in [2.24, 2.45) is 0 Å². The molecule has 25 heavy (non-hydrogen) atoms. The first-order chi connectivity index (χ1) is 12.2. The van der Waals surface area contributed by atoms with Crippen LogP contribution < -0.4 is 10.1 Å². The number of hydrogen-bond donors (Lipinski definition) is 1. The number of carbonyl (C=O) groups excluding carboxylic acids is 1. The predicted octanol–water partition coefficient (Wildman–Crippen LogP) is 2.97. The summed E-state index contributed by atoms with van der Waals surface area (Å²) in [4.78, 5) is 19.2. The molecule has 1 saturated heterocycles. The maximum absolute atomic E-state index is 12.5. The summed E-state index contributed by atoms with van der Waals surface area (Å²) < 4.78 is 5.29. The van der Waals surface area contributed by atoms with Gasteiger partial charge in [-0.15, -0.1) is 0 Å². The third-order valence-electron chi connectivity index (χ3n) is 4.91. The van der Waals surface area contributed by atoms with Gasteiger partial charge in [-0.1, -0.05) is 12.1 Å². The highest BCUT2D eigenvalue weighted by Crippen LogP contribution is 2.26. The van der Waals surface area contributed by atoms with E-state index in [0.717, 1.165) is 37.2 Å². The van der Waals surface area contributed by atoms with Crippen LogP contribution >= 0.6 is 0 Å². The molecule has 2 heterocycles. The summed E-state index contributed by atoms with van der Waals surface area (Å²) in [6.07, 6.45) is 4.01. The van der Waals surface area contributed by atoms with Gasteiger partial charge >= 0.3 is 0 Å². The van der Waals surface area contributed by atoms with Gasteiger partial charge in [-0.25, -0.2) is 0 Å². The van der Waals surface area contributed by atoms with E-state index in [-0.39, 0.29) is 5.91 Å². The third kappa shape index (κ3) is 4.17. The molecule has 132 valence electrons. The van der Waals surface area contributed by atoms with Crippen LogP contribution in [0.2, 0.25) is 0 Å². The van der Waals surface area contributed by atoms with Gasteiger partial charge in [-0.05, 0) is 44.0 Å². The van der Waals surface area contributed by atoms with Gasteiger partial charge in [0.2, 0.25) is 0 Å². The van der Waals surface area contributed by atoms with Crippen molar-refractivity contribution in [3.8, 4) is 5.75 Å². The molecule has 0 spiro atoms. The van der Waals surface area contributed by atoms with Gasteiger partial charge < -0.3 is 10.1 Å². The van der Waals surface area contributed by atoms with Gasteiger partial charge in [0.1, 0.15) is 5.75 Å². The first-order valence-electron chi connectivity index (χ1n) is 8.74. The molecular formula is C20H25N3O2. The molecule has 5 heteroatoms. The van der Waals surface area contributed by atoms with Crippen molar-refractivity contribution in [1.82, 2.24) is 15.2 Å². The molecule has 0 radical (unpaired) electrons. The number of nitrogens with zero attached hydrogens (tertiary/aromatic N) is 2. The van der Waals surface area contributed by atoms with Crippen molar-refractivity contribution in [2.75, 3.05) is 26.9 Å². The molecular weight excluding hydrogens is 314 g/mol. The van der Waals surface area contributed by atoms with Crippen LogP contribution in [-0.2, 0) is 0 Å². The average Bonchev–Trinajstić information content (AvgIpc) is 2.67. The highest BCUT2D eigenvalue weighted by Gasteiger charge is 2.22. The molecule has 3 rings (SSSR count). The number of likely N-dealkylation sites (tertiary alicyclic amines) is 1. The van der Waals surface area contributed by atoms with Crippen molar-refractivity contribution in [3.63, 3.8) is 0 Å². The number of nitrogens with one attached hydrogen (secondary N) is 1. The Balaban J connectivity index is 1.51. The summed E-state index contributed by atoms with van der Waals surface area (Å²) in [6, 6.07) is 11.7. The number of hydrogen-bond acceptors (Lipinski definition) is 4. The van der Waals surface area contributed by atoms with Crippen molar-refractivity contribution in [3.05, 3.63) is 59.4 Å². The number of rotatable bonds is 5. The van der Waals surface area contributed by atoms with E-state index in [9.17, 15) is 4.79 Å². The molecule has 0 aliphatic carbocycles. The van der Waals surface area contributed by atoms with Crippen molar-refractivity contribution >= 4 is 5.91 Å². The average molecular weight is 339 g/mol. The van der Waals surface area contributed by atoms with E-state index in [1.807, 2.05) is 43.5 Å². The number of amides is 1. The number of methoxy groups -OCH3 is 1. The standard InChI is InChI=1S/C20H25N3O2/c1-15-17(6-5-8-19(15)25-2)20(24)22-14-23-12-9-16(10-13-23)18-7-3-4-11-21-18/h3-8,11,16H,9-10,12-14H2,1-2H3,(H,22,24). The van der Waals surface area contributed by atoms with Crippen molar-refractivity contribution in [1.29, 1.82) is 0 Å². The highest BCUT2D eigenvalue weighted by molar-refractivity contribution is 5.96. The maximum atomic E-state index is 12.5. The third-order valence-corrected chi connectivity index (χ3v) is 4.91. The molecule has 1 N–H and O–H groups in total. The van der Waals surface area contributed by atoms with Crippen LogP contribution in [0.3, 0.4) is 0 Å². The Labute approximate surface area is 149 Å². The number of piperidine rings is 1. The van der Waals surface area contributed by atoms with Gasteiger partial charge in [0, 0.05) is 42.0 Å². The second-order valence-corrected chi connectivity index (χ2v) is 6.44. The Morgan fingerprint density at radius 1 is 1.24 bits per heavy atom. The first-order valence-corrected chi connectivity index (χ1v) is 8.74. The summed E-state index contributed by atoms with van der Waals surface area (Å²) in [6.45, 7) is 4.42. The maximum Gasteiger partial charge on any atom is 0.252 e. The molecule has 1 aromatic carbocycles. The molecule has 0 saturated carbocycles. The van der Waals surface area contributed by atoms with Gasteiger partial charge in [0.15, 0.2) is 0 Å². The van der Waals surface area contributed by atoms with Crippen LogP contribution in [-0.4, -0.2) is 42.7 Å². The van der Waals surface area contributed by atoms with E-state index in [1.165, 1.54) is 5.69 Å². The zero-order valence-electron chi connectivity index (χ0n) is 14.9. The van der Waals surface area contributed by atoms with Crippen LogP contribution in [0, 0.1) is 6.92 Å². The number of ether oxygens (including phenoxy) is 1. The topological polar surface area (TPSA) is 54.5 Å². The van der Waals surface area contributed by atoms with Gasteiger partial charge in [-0.3, -0.25) is 14.7 Å². The minimum Gasteiger partial charge on any atom is -0.496 e. The fourth-order valence-corrected chi connectivity index (χ4v) is 3.36. The Hall–Kier alpha value is -2.40. The van der Waals surface area contributed by atoms with Gasteiger partial charge in [0.25, 0.3) is 5.91 Å². The van der Waals surface area contributed by atoms with E-state index in [2.05, 4.69) is 21.3 Å². The molecule has 1 fully saturated rings. The van der Waals surface area contributed by atoms with E-state index in [4.69, 9.17) is 4.74 Å². The molecule has 1 amide bonds. The van der Waals surface area contributed by atoms with Gasteiger partial charge in [0.05, 0.1) is 13.8 Å². The first kappa shape index (κ1) is 17.4. The van der Waals surface area contributed by atoms with Crippen molar-refractivity contribution < 1.29 is 9.53 Å². The number of carbonyl (C=O) groups is 1. The molecule has 5 nitrogen and oxygen atoms in total. The molecule has 0 atom stereocenters. The Kier molecular flexibility index (Phi) is 5.66. The second-order valence-electron chi connectivity index (χ2n) is 6.44. The van der Waals surface area contributed by atoms with Crippen LogP contribution in [0.15, 0.2) is 42.6 Å².